The molecule has 0 saturated heterocycles. The molecule has 1 fully saturated rings. The van der Waals surface area contributed by atoms with E-state index in [1.807, 2.05) is 6.07 Å². The van der Waals surface area contributed by atoms with Gasteiger partial charge >= 0.3 is 0 Å². The van der Waals surface area contributed by atoms with Crippen LogP contribution in [0.5, 0.6) is 0 Å². The third kappa shape index (κ3) is 3.64. The van der Waals surface area contributed by atoms with E-state index in [1.54, 1.807) is 0 Å². The Bertz CT molecular complexity index is 634. The van der Waals surface area contributed by atoms with Crippen LogP contribution < -0.4 is 5.32 Å². The van der Waals surface area contributed by atoms with E-state index in [2.05, 4.69) is 47.6 Å². The maximum Gasteiger partial charge on any atom is 0.208 e. The highest BCUT2D eigenvalue weighted by molar-refractivity contribution is 5.54. The molecule has 1 aliphatic rings. The van der Waals surface area contributed by atoms with Crippen molar-refractivity contribution in [1.82, 2.24) is 10.3 Å². The van der Waals surface area contributed by atoms with Gasteiger partial charge in [0.15, 0.2) is 0 Å². The molecule has 0 radical (unpaired) electrons. The summed E-state index contributed by atoms with van der Waals surface area (Å²) in [7, 11) is 0. The summed E-state index contributed by atoms with van der Waals surface area (Å²) in [6.07, 6.45) is 6.06. The van der Waals surface area contributed by atoms with Gasteiger partial charge < -0.3 is 14.8 Å². The molecule has 1 heterocycles. The highest BCUT2D eigenvalue weighted by Crippen LogP contribution is 2.39. The molecule has 2 N–H and O–H groups in total. The number of nitrogens with one attached hydrogen (secondary N) is 1. The molecule has 2 aromatic rings. The molecular formula is C18H22N2O2. The van der Waals surface area contributed by atoms with Crippen molar-refractivity contribution in [2.24, 2.45) is 5.92 Å². The van der Waals surface area contributed by atoms with Gasteiger partial charge in [-0.05, 0) is 24.3 Å². The van der Waals surface area contributed by atoms with Crippen LogP contribution in [-0.4, -0.2) is 16.1 Å². The number of hydrogen-bond donors (Lipinski definition) is 2. The molecule has 1 aromatic carbocycles. The van der Waals surface area contributed by atoms with Crippen molar-refractivity contribution in [3.05, 3.63) is 59.3 Å². The number of rotatable bonds is 7. The van der Waals surface area contributed by atoms with E-state index < -0.39 is 0 Å². The molecule has 0 unspecified atom stereocenters. The molecule has 0 bridgehead atoms. The Morgan fingerprint density at radius 1 is 1.41 bits per heavy atom. The summed E-state index contributed by atoms with van der Waals surface area (Å²) >= 11 is 0. The zero-order chi connectivity index (χ0) is 15.4. The molecule has 1 aromatic heterocycles. The van der Waals surface area contributed by atoms with Crippen molar-refractivity contribution >= 4 is 6.08 Å². The second-order valence-corrected chi connectivity index (χ2v) is 5.70. The molecule has 0 aliphatic heterocycles. The fourth-order valence-corrected chi connectivity index (χ4v) is 2.79. The minimum atomic E-state index is -0.0741. The Morgan fingerprint density at radius 3 is 2.91 bits per heavy atom. The summed E-state index contributed by atoms with van der Waals surface area (Å²) in [6, 6.07) is 11.0. The van der Waals surface area contributed by atoms with Crippen molar-refractivity contribution in [3.8, 4) is 0 Å². The predicted octanol–water partition coefficient (Wildman–Crippen LogP) is 3.14. The Morgan fingerprint density at radius 2 is 2.23 bits per heavy atom. The van der Waals surface area contributed by atoms with Crippen LogP contribution >= 0.6 is 0 Å². The number of hydrogen-bond acceptors (Lipinski definition) is 4. The third-order valence-electron chi connectivity index (χ3n) is 4.10. The van der Waals surface area contributed by atoms with Gasteiger partial charge in [0.25, 0.3) is 0 Å². The lowest BCUT2D eigenvalue weighted by molar-refractivity contribution is 0.276. The lowest BCUT2D eigenvalue weighted by Crippen LogP contribution is -2.18. The summed E-state index contributed by atoms with van der Waals surface area (Å²) < 4.78 is 5.30. The number of nitrogens with zero attached hydrogens (tertiary/aromatic N) is 1. The Balaban J connectivity index is 1.55. The number of aliphatic hydroxyl groups is 1. The molecule has 4 heteroatoms. The van der Waals surface area contributed by atoms with E-state index in [1.165, 1.54) is 23.8 Å². The van der Waals surface area contributed by atoms with Gasteiger partial charge in [-0.2, -0.15) is 0 Å². The third-order valence-corrected chi connectivity index (χ3v) is 4.10. The molecule has 0 amide bonds. The van der Waals surface area contributed by atoms with Crippen LogP contribution in [0, 0.1) is 5.92 Å². The van der Waals surface area contributed by atoms with Gasteiger partial charge in [-0.1, -0.05) is 48.9 Å². The van der Waals surface area contributed by atoms with Crippen LogP contribution in [0.1, 0.15) is 36.9 Å². The van der Waals surface area contributed by atoms with Crippen LogP contribution in [0.2, 0.25) is 0 Å². The van der Waals surface area contributed by atoms with Gasteiger partial charge in [-0.15, -0.1) is 0 Å². The van der Waals surface area contributed by atoms with E-state index in [0.717, 1.165) is 6.42 Å². The van der Waals surface area contributed by atoms with Crippen molar-refractivity contribution in [2.75, 3.05) is 0 Å². The average molecular weight is 298 g/mol. The first kappa shape index (κ1) is 15.0. The fourth-order valence-electron chi connectivity index (χ4n) is 2.79. The number of aliphatic hydroxyl groups excluding tert-OH is 1. The molecular weight excluding hydrogens is 276 g/mol. The first-order chi connectivity index (χ1) is 10.8. The molecule has 3 rings (SSSR count). The molecule has 1 saturated carbocycles. The lowest BCUT2D eigenvalue weighted by atomic mass is 10.0. The normalized spacial score (nSPS) is 21.1. The van der Waals surface area contributed by atoms with E-state index in [0.29, 0.717) is 30.1 Å². The van der Waals surface area contributed by atoms with Crippen LogP contribution in [0.4, 0.5) is 0 Å². The Labute approximate surface area is 130 Å². The summed E-state index contributed by atoms with van der Waals surface area (Å²) in [5.41, 5.74) is 3.35. The second kappa shape index (κ2) is 6.90. The highest BCUT2D eigenvalue weighted by atomic mass is 16.3. The van der Waals surface area contributed by atoms with Gasteiger partial charge in [0.2, 0.25) is 5.89 Å². The highest BCUT2D eigenvalue weighted by Gasteiger charge is 2.38. The fraction of sp³-hybridized carbons (Fsp3) is 0.389. The smallest absolute Gasteiger partial charge is 0.208 e. The molecule has 0 spiro atoms. The predicted molar refractivity (Wildman–Crippen MR) is 85.9 cm³/mol. The second-order valence-electron chi connectivity index (χ2n) is 5.70. The van der Waals surface area contributed by atoms with E-state index >= 15 is 0 Å². The Kier molecular flexibility index (Phi) is 4.71. The van der Waals surface area contributed by atoms with Gasteiger partial charge in [-0.25, -0.2) is 4.98 Å². The minimum Gasteiger partial charge on any atom is -0.447 e. The zero-order valence-corrected chi connectivity index (χ0v) is 12.8. The largest absolute Gasteiger partial charge is 0.447 e. The maximum atomic E-state index is 8.98. The standard InChI is InChI=1S/C18H22N2O2/c1-2-14(8-13-6-4-3-5-7-13)16-9-17(16)19-10-18-20-15(11-21)12-22-18/h3-8,12,16-17,19,21H,2,9-11H2,1H3/b14-8+/t16-,17+/m0/s1. The van der Waals surface area contributed by atoms with Crippen LogP contribution in [0.3, 0.4) is 0 Å². The molecule has 2 atom stereocenters. The lowest BCUT2D eigenvalue weighted by Gasteiger charge is -2.05. The van der Waals surface area contributed by atoms with Crippen molar-refractivity contribution in [3.63, 3.8) is 0 Å². The summed E-state index contributed by atoms with van der Waals surface area (Å²) in [6.45, 7) is 2.75. The van der Waals surface area contributed by atoms with E-state index in [-0.39, 0.29) is 6.61 Å². The van der Waals surface area contributed by atoms with Crippen LogP contribution in [0.15, 0.2) is 46.6 Å². The van der Waals surface area contributed by atoms with Crippen LogP contribution in [-0.2, 0) is 13.2 Å². The minimum absolute atomic E-state index is 0.0741. The average Bonchev–Trinajstić information content (AvgIpc) is 3.18. The topological polar surface area (TPSA) is 58.3 Å². The number of oxazole rings is 1. The summed E-state index contributed by atoms with van der Waals surface area (Å²) in [5, 5.41) is 12.5. The maximum absolute atomic E-state index is 8.98. The summed E-state index contributed by atoms with van der Waals surface area (Å²) in [5.74, 6) is 1.25. The molecule has 1 aliphatic carbocycles. The van der Waals surface area contributed by atoms with Gasteiger partial charge in [-0.3, -0.25) is 0 Å². The first-order valence-electron chi connectivity index (χ1n) is 7.83. The Hall–Kier alpha value is -1.91. The van der Waals surface area contributed by atoms with Gasteiger partial charge in [0, 0.05) is 6.04 Å². The van der Waals surface area contributed by atoms with Crippen molar-refractivity contribution in [2.45, 2.75) is 39.0 Å². The molecule has 22 heavy (non-hydrogen) atoms. The number of aromatic nitrogens is 1. The summed E-state index contributed by atoms with van der Waals surface area (Å²) in [4.78, 5) is 4.19. The van der Waals surface area contributed by atoms with E-state index in [9.17, 15) is 0 Å². The quantitative estimate of drug-likeness (QED) is 0.824. The molecule has 116 valence electrons. The first-order valence-corrected chi connectivity index (χ1v) is 7.83. The van der Waals surface area contributed by atoms with Crippen molar-refractivity contribution in [1.29, 1.82) is 0 Å². The monoisotopic (exact) mass is 298 g/mol. The zero-order valence-electron chi connectivity index (χ0n) is 12.8. The van der Waals surface area contributed by atoms with E-state index in [4.69, 9.17) is 9.52 Å². The van der Waals surface area contributed by atoms with Crippen LogP contribution in [0.25, 0.3) is 6.08 Å². The SMILES string of the molecule is CC/C(=C\c1ccccc1)[C@@H]1C[C@H]1NCc1nc(CO)co1. The van der Waals surface area contributed by atoms with Crippen molar-refractivity contribution < 1.29 is 9.52 Å². The van der Waals surface area contributed by atoms with Gasteiger partial charge in [0.05, 0.1) is 13.2 Å². The molecule has 4 nitrogen and oxygen atoms in total. The number of benzene rings is 1. The van der Waals surface area contributed by atoms with Gasteiger partial charge in [0.1, 0.15) is 12.0 Å².